The second-order valence-electron chi connectivity index (χ2n) is 10.3. The van der Waals surface area contributed by atoms with Crippen LogP contribution in [0.25, 0.3) is 28.5 Å². The van der Waals surface area contributed by atoms with Gasteiger partial charge in [0.1, 0.15) is 28.8 Å². The summed E-state index contributed by atoms with van der Waals surface area (Å²) in [4.78, 5) is 0. The van der Waals surface area contributed by atoms with Crippen molar-refractivity contribution in [3.05, 3.63) is 101 Å². The molecule has 0 spiro atoms. The van der Waals surface area contributed by atoms with E-state index in [9.17, 15) is 9.50 Å². The molecule has 0 radical (unpaired) electrons. The van der Waals surface area contributed by atoms with Crippen LogP contribution in [0, 0.1) is 5.82 Å². The zero-order valence-corrected chi connectivity index (χ0v) is 22.1. The number of anilines is 1. The lowest BCUT2D eigenvalue weighted by atomic mass is 9.83. The number of phenolic OH excluding ortho intramolecular Hbond substituents is 1. The van der Waals surface area contributed by atoms with Crippen LogP contribution in [0.4, 0.5) is 10.1 Å². The number of halogens is 1. The summed E-state index contributed by atoms with van der Waals surface area (Å²) in [6.45, 7) is 6.37. The fourth-order valence-electron chi connectivity index (χ4n) is 5.41. The number of methoxy groups -OCH3 is 1. The lowest BCUT2D eigenvalue weighted by Gasteiger charge is -2.35. The predicted molar refractivity (Wildman–Crippen MR) is 153 cm³/mol. The normalized spacial score (nSPS) is 15.7. The molecular formula is C33H28FNO4. The van der Waals surface area contributed by atoms with Crippen molar-refractivity contribution >= 4 is 23.1 Å². The molecule has 6 rings (SSSR count). The molecule has 0 bridgehead atoms. The molecular weight excluding hydrogens is 493 g/mol. The molecule has 0 amide bonds. The third-order valence-corrected chi connectivity index (χ3v) is 6.88. The van der Waals surface area contributed by atoms with Crippen LogP contribution in [0.15, 0.2) is 78.9 Å². The van der Waals surface area contributed by atoms with Crippen LogP contribution in [-0.2, 0) is 0 Å². The first-order chi connectivity index (χ1) is 18.7. The van der Waals surface area contributed by atoms with Crippen LogP contribution in [-0.4, -0.2) is 17.8 Å². The van der Waals surface area contributed by atoms with Crippen LogP contribution in [0.5, 0.6) is 28.7 Å². The minimum atomic E-state index is -0.315. The van der Waals surface area contributed by atoms with Crippen molar-refractivity contribution in [3.63, 3.8) is 0 Å². The monoisotopic (exact) mass is 521 g/mol. The Morgan fingerprint density at radius 1 is 0.923 bits per heavy atom. The lowest BCUT2D eigenvalue weighted by molar-refractivity contribution is 0.371. The molecule has 0 aromatic heterocycles. The van der Waals surface area contributed by atoms with Crippen LogP contribution in [0.2, 0.25) is 0 Å². The van der Waals surface area contributed by atoms with Crippen LogP contribution >= 0.6 is 0 Å². The van der Waals surface area contributed by atoms with Gasteiger partial charge in [0.05, 0.1) is 18.2 Å². The van der Waals surface area contributed by atoms with Gasteiger partial charge in [-0.2, -0.15) is 0 Å². The molecule has 0 saturated carbocycles. The SMILES string of the molecule is COc1c(O)ccc2c1-c1ccc3c(c1/C(=C/c1cccc(Oc4ccc(F)cc4)c1)O2)C(C)=CC(C)(C)N3. The molecule has 4 aromatic rings. The second-order valence-corrected chi connectivity index (χ2v) is 10.3. The lowest BCUT2D eigenvalue weighted by Crippen LogP contribution is -2.32. The number of fused-ring (bicyclic) bond motifs is 5. The Labute approximate surface area is 226 Å². The van der Waals surface area contributed by atoms with Gasteiger partial charge in [0.2, 0.25) is 0 Å². The van der Waals surface area contributed by atoms with Gasteiger partial charge in [-0.3, -0.25) is 0 Å². The van der Waals surface area contributed by atoms with Crippen molar-refractivity contribution in [2.45, 2.75) is 26.3 Å². The number of benzene rings is 4. The summed E-state index contributed by atoms with van der Waals surface area (Å²) < 4.78 is 31.4. The Hall–Kier alpha value is -4.71. The number of rotatable bonds is 4. The van der Waals surface area contributed by atoms with Crippen LogP contribution in [0.1, 0.15) is 37.5 Å². The maximum atomic E-state index is 13.3. The number of phenols is 1. The molecule has 2 N–H and O–H groups in total. The molecule has 4 aromatic carbocycles. The highest BCUT2D eigenvalue weighted by molar-refractivity contribution is 6.02. The van der Waals surface area contributed by atoms with Crippen molar-refractivity contribution in [1.29, 1.82) is 0 Å². The van der Waals surface area contributed by atoms with Gasteiger partial charge in [0.15, 0.2) is 11.5 Å². The Morgan fingerprint density at radius 3 is 2.49 bits per heavy atom. The van der Waals surface area contributed by atoms with Crippen LogP contribution in [0.3, 0.4) is 0 Å². The standard InChI is InChI=1S/C33H28FNO4/c1-19-18-33(2,3)35-25-13-12-24-30(29(19)25)28(39-27-15-14-26(36)32(37-4)31(24)27)17-20-6-5-7-23(16-20)38-22-10-8-21(34)9-11-22/h5-18,35-36H,1-4H3/b28-17-. The first kappa shape index (κ1) is 24.6. The molecule has 0 fully saturated rings. The molecule has 196 valence electrons. The van der Waals surface area contributed by atoms with Crippen LogP contribution < -0.4 is 19.5 Å². The molecule has 5 nitrogen and oxygen atoms in total. The fraction of sp³-hybridized carbons (Fsp3) is 0.152. The average Bonchev–Trinajstić information content (AvgIpc) is 2.89. The average molecular weight is 522 g/mol. The van der Waals surface area contributed by atoms with Gasteiger partial charge in [-0.15, -0.1) is 0 Å². The topological polar surface area (TPSA) is 60.0 Å². The van der Waals surface area contributed by atoms with Gasteiger partial charge in [0.25, 0.3) is 0 Å². The third kappa shape index (κ3) is 4.48. The van der Waals surface area contributed by atoms with Gasteiger partial charge >= 0.3 is 0 Å². The van der Waals surface area contributed by atoms with Gasteiger partial charge in [-0.1, -0.05) is 24.3 Å². The zero-order chi connectivity index (χ0) is 27.3. The summed E-state index contributed by atoms with van der Waals surface area (Å²) >= 11 is 0. The van der Waals surface area contributed by atoms with Crippen molar-refractivity contribution in [2.75, 3.05) is 12.4 Å². The van der Waals surface area contributed by atoms with E-state index in [1.54, 1.807) is 31.4 Å². The molecule has 0 aliphatic carbocycles. The summed E-state index contributed by atoms with van der Waals surface area (Å²) in [6, 6.07) is 21.0. The first-order valence-electron chi connectivity index (χ1n) is 12.7. The second kappa shape index (κ2) is 9.24. The van der Waals surface area contributed by atoms with Crippen molar-refractivity contribution in [1.82, 2.24) is 0 Å². The van der Waals surface area contributed by atoms with Gasteiger partial charge in [-0.05, 0) is 92.6 Å². The first-order valence-corrected chi connectivity index (χ1v) is 12.7. The summed E-state index contributed by atoms with van der Waals surface area (Å²) in [5.74, 6) is 2.52. The quantitative estimate of drug-likeness (QED) is 0.282. The molecule has 2 aliphatic rings. The van der Waals surface area contributed by atoms with E-state index in [1.165, 1.54) is 12.1 Å². The van der Waals surface area contributed by atoms with Crippen molar-refractivity contribution in [2.24, 2.45) is 0 Å². The maximum Gasteiger partial charge on any atom is 0.172 e. The van der Waals surface area contributed by atoms with E-state index < -0.39 is 0 Å². The number of ether oxygens (including phenoxy) is 3. The minimum absolute atomic E-state index is 0.0492. The highest BCUT2D eigenvalue weighted by atomic mass is 19.1. The largest absolute Gasteiger partial charge is 0.504 e. The summed E-state index contributed by atoms with van der Waals surface area (Å²) in [6.07, 6.45) is 4.19. The Morgan fingerprint density at radius 2 is 1.72 bits per heavy atom. The number of hydrogen-bond acceptors (Lipinski definition) is 5. The smallest absolute Gasteiger partial charge is 0.172 e. The third-order valence-electron chi connectivity index (χ3n) is 6.88. The van der Waals surface area contributed by atoms with E-state index in [-0.39, 0.29) is 17.1 Å². The van der Waals surface area contributed by atoms with Gasteiger partial charge in [-0.25, -0.2) is 4.39 Å². The van der Waals surface area contributed by atoms with Crippen molar-refractivity contribution in [3.8, 4) is 39.9 Å². The maximum absolute atomic E-state index is 13.3. The van der Waals surface area contributed by atoms with E-state index in [4.69, 9.17) is 14.2 Å². The highest BCUT2D eigenvalue weighted by Gasteiger charge is 2.33. The predicted octanol–water partition coefficient (Wildman–Crippen LogP) is 8.50. The molecule has 2 heterocycles. The number of aromatic hydroxyl groups is 1. The van der Waals surface area contributed by atoms with E-state index in [0.29, 0.717) is 34.3 Å². The summed E-state index contributed by atoms with van der Waals surface area (Å²) in [7, 11) is 1.54. The number of allylic oxidation sites excluding steroid dienone is 1. The molecule has 39 heavy (non-hydrogen) atoms. The fourth-order valence-corrected chi connectivity index (χ4v) is 5.41. The van der Waals surface area contributed by atoms with E-state index in [1.807, 2.05) is 36.4 Å². The van der Waals surface area contributed by atoms with E-state index >= 15 is 0 Å². The molecule has 0 saturated heterocycles. The van der Waals surface area contributed by atoms with E-state index in [0.717, 1.165) is 33.5 Å². The van der Waals surface area contributed by atoms with Gasteiger partial charge in [0, 0.05) is 22.4 Å². The van der Waals surface area contributed by atoms with Gasteiger partial charge < -0.3 is 24.6 Å². The molecule has 2 aliphatic heterocycles. The number of hydrogen-bond donors (Lipinski definition) is 2. The van der Waals surface area contributed by atoms with Crippen molar-refractivity contribution < 1.29 is 23.7 Å². The molecule has 0 atom stereocenters. The summed E-state index contributed by atoms with van der Waals surface area (Å²) in [5.41, 5.74) is 6.34. The molecule has 6 heteroatoms. The number of nitrogens with one attached hydrogen (secondary N) is 1. The minimum Gasteiger partial charge on any atom is -0.504 e. The Balaban J connectivity index is 1.51. The van der Waals surface area contributed by atoms with E-state index in [2.05, 4.69) is 38.2 Å². The summed E-state index contributed by atoms with van der Waals surface area (Å²) in [5, 5.41) is 14.2. The Bertz CT molecular complexity index is 1670. The Kier molecular flexibility index (Phi) is 5.83. The highest BCUT2D eigenvalue weighted by Crippen LogP contribution is 2.54. The zero-order valence-electron chi connectivity index (χ0n) is 22.1. The molecule has 0 unspecified atom stereocenters.